The number of aromatic nitrogens is 8. The van der Waals surface area contributed by atoms with Gasteiger partial charge in [-0.25, -0.2) is 9.97 Å². The predicted molar refractivity (Wildman–Crippen MR) is 273 cm³/mol. The zero-order valence-corrected chi connectivity index (χ0v) is 41.9. The first-order valence-corrected chi connectivity index (χ1v) is 24.9. The Hall–Kier alpha value is -6.40. The number of hydrogen-bond acceptors (Lipinski definition) is 5. The van der Waals surface area contributed by atoms with E-state index in [4.69, 9.17) is 29.4 Å². The summed E-state index contributed by atoms with van der Waals surface area (Å²) < 4.78 is 21.2. The molecule has 11 nitrogen and oxygen atoms in total. The molecule has 7 aromatic heterocycles. The van der Waals surface area contributed by atoms with E-state index in [-0.39, 0.29) is 23.7 Å². The summed E-state index contributed by atoms with van der Waals surface area (Å²) in [7, 11) is 0. The summed E-state index contributed by atoms with van der Waals surface area (Å²) in [6.07, 6.45) is 23.2. The minimum absolute atomic E-state index is 0. The molecule has 0 spiro atoms. The molecule has 2 aliphatic rings. The molecule has 0 atom stereocenters. The van der Waals surface area contributed by atoms with Crippen LogP contribution < -0.4 is 28.2 Å². The minimum atomic E-state index is -0.0170. The number of aryl methyl sites for hydroxylation is 1. The molecule has 0 radical (unpaired) electrons. The minimum Gasteiger partial charge on any atom is -0.656 e. The monoisotopic (exact) mass is 975 g/mol. The third-order valence-corrected chi connectivity index (χ3v) is 12.7. The van der Waals surface area contributed by atoms with Crippen LogP contribution in [0.3, 0.4) is 0 Å². The molecule has 0 saturated heterocycles. The molecule has 0 amide bonds. The van der Waals surface area contributed by atoms with Crippen LogP contribution in [-0.2, 0) is 52.7 Å². The molecule has 0 saturated carbocycles. The number of rotatable bonds is 21. The van der Waals surface area contributed by atoms with Crippen molar-refractivity contribution in [1.29, 1.82) is 0 Å². The van der Waals surface area contributed by atoms with Gasteiger partial charge in [0.05, 0.1) is 45.0 Å². The average Bonchev–Trinajstić information content (AvgIpc) is 4.24. The maximum atomic E-state index is 10.3. The molecular weight excluding hydrogens is 912 g/mol. The molecule has 0 unspecified atom stereocenters. The van der Waals surface area contributed by atoms with Gasteiger partial charge < -0.3 is 24.5 Å². The Morgan fingerprint density at radius 1 is 0.414 bits per heavy atom. The Bertz CT molecular complexity index is 3140. The molecule has 9 heterocycles. The zero-order chi connectivity index (χ0) is 47.4. The van der Waals surface area contributed by atoms with Gasteiger partial charge in [0.15, 0.2) is 44.4 Å². The van der Waals surface area contributed by atoms with Crippen LogP contribution in [0.4, 0.5) is 0 Å². The number of nitrogens with zero attached hydrogens (tertiary/aromatic N) is 8. The molecular formula is C58H64MnN8O3+5. The Morgan fingerprint density at radius 2 is 0.743 bits per heavy atom. The third kappa shape index (κ3) is 11.1. The number of ether oxygens (including phenoxy) is 2. The maximum absolute atomic E-state index is 10.3. The van der Waals surface area contributed by atoms with Gasteiger partial charge in [0.2, 0.25) is 22.8 Å². The van der Waals surface area contributed by atoms with Crippen LogP contribution in [0.5, 0.6) is 0 Å². The second-order valence-corrected chi connectivity index (χ2v) is 17.5. The number of pyridine rings is 4. The summed E-state index contributed by atoms with van der Waals surface area (Å²) in [6.45, 7) is 11.8. The Morgan fingerprint density at radius 3 is 1.07 bits per heavy atom. The summed E-state index contributed by atoms with van der Waals surface area (Å²) in [5.41, 5.74) is 13.9. The van der Waals surface area contributed by atoms with Gasteiger partial charge >= 0.3 is 17.1 Å². The van der Waals surface area contributed by atoms with Gasteiger partial charge in [-0.15, -0.1) is 22.1 Å². The van der Waals surface area contributed by atoms with E-state index in [1.54, 1.807) is 0 Å². The van der Waals surface area contributed by atoms with E-state index in [1.807, 2.05) is 18.3 Å². The Labute approximate surface area is 422 Å². The predicted octanol–water partition coefficient (Wildman–Crippen LogP) is 9.16. The maximum Gasteiger partial charge on any atom is 3.00 e. The first kappa shape index (κ1) is 50.0. The zero-order valence-electron chi connectivity index (χ0n) is 40.7. The standard InChI is InChI=1S/C58H64N8O3.Mn/c1-4-7-30-63-31-14-10-18-51(63)55-43-22-24-45(59-43)56(52-19-11-15-32-64(52)35-38-67)46-25-27-48(61-46)58(54-21-13-17-34-66(54)37-42-69-40-9-6-3)50-29-28-49(62-50)57(47-26-23-44(55)60-47)53-20-12-16-33-65(53)36-41-68-39-8-5-2;/h10-29,31-34,67H,4-9,30,35-42H2,1-3H3;/q+2;+3. The molecule has 12 heteroatoms. The van der Waals surface area contributed by atoms with Crippen molar-refractivity contribution in [2.45, 2.75) is 85.5 Å². The molecule has 7 aromatic rings. The quantitative estimate of drug-likeness (QED) is 0.0435. The fourth-order valence-electron chi connectivity index (χ4n) is 9.19. The van der Waals surface area contributed by atoms with Crippen LogP contribution in [0, 0.1) is 0 Å². The topological polar surface area (TPSA) is 108 Å². The van der Waals surface area contributed by atoms with Crippen LogP contribution in [0.25, 0.3) is 91.4 Å². The van der Waals surface area contributed by atoms with E-state index in [2.05, 4.69) is 167 Å². The van der Waals surface area contributed by atoms with E-state index in [9.17, 15) is 5.11 Å². The molecule has 356 valence electrons. The Kier molecular flexibility index (Phi) is 17.5. The van der Waals surface area contributed by atoms with Gasteiger partial charge in [-0.1, -0.05) is 64.3 Å². The second-order valence-electron chi connectivity index (χ2n) is 17.5. The molecule has 0 aromatic carbocycles. The normalized spacial score (nSPS) is 11.9. The Balaban J connectivity index is 0.00000659. The SMILES string of the molecule is CCCCOCC[n+]1ccccc1-c1c2nc(c(-c3cccc[n+]3CCOCCCC)c3ccc([n-]3)c(-c3cccc[n+]3CCCC)c3nc(c(-c4cccc[n+]4CCO)c4ccc1[n-]4)C=C3)C=C2.[Mn+3]. The molecule has 0 fully saturated rings. The van der Waals surface area contributed by atoms with Crippen molar-refractivity contribution in [2.24, 2.45) is 0 Å². The van der Waals surface area contributed by atoms with Crippen molar-refractivity contribution < 1.29 is 49.9 Å². The number of hydrogen-bond donors (Lipinski definition) is 1. The number of unbranched alkanes of at least 4 members (excludes halogenated alkanes) is 3. The number of fused-ring (bicyclic) bond motifs is 8. The number of aliphatic hydroxyl groups excluding tert-OH is 1. The van der Waals surface area contributed by atoms with Crippen LogP contribution in [0.1, 0.15) is 82.1 Å². The van der Waals surface area contributed by atoms with E-state index in [0.29, 0.717) is 32.8 Å². The fraction of sp³-hybridized carbons (Fsp3) is 0.310. The van der Waals surface area contributed by atoms with Gasteiger partial charge in [-0.3, -0.25) is 0 Å². The van der Waals surface area contributed by atoms with E-state index < -0.39 is 0 Å². The first-order chi connectivity index (χ1) is 34.1. The second kappa shape index (κ2) is 24.4. The third-order valence-electron chi connectivity index (χ3n) is 12.7. The fourth-order valence-corrected chi connectivity index (χ4v) is 9.19. The van der Waals surface area contributed by atoms with Crippen molar-refractivity contribution >= 4 is 46.4 Å². The van der Waals surface area contributed by atoms with Gasteiger partial charge in [-0.2, -0.15) is 18.3 Å². The summed E-state index contributed by atoms with van der Waals surface area (Å²) in [5.74, 6) is 0. The van der Waals surface area contributed by atoms with Crippen molar-refractivity contribution in [1.82, 2.24) is 19.9 Å². The van der Waals surface area contributed by atoms with Crippen LogP contribution in [0.15, 0.2) is 122 Å². The summed E-state index contributed by atoms with van der Waals surface area (Å²) >= 11 is 0. The van der Waals surface area contributed by atoms with Crippen LogP contribution in [-0.4, -0.2) is 48.1 Å². The summed E-state index contributed by atoms with van der Waals surface area (Å²) in [5, 5.41) is 10.3. The van der Waals surface area contributed by atoms with Gasteiger partial charge in [0.25, 0.3) is 0 Å². The van der Waals surface area contributed by atoms with Gasteiger partial charge in [-0.05, 0) is 61.4 Å². The van der Waals surface area contributed by atoms with Crippen molar-refractivity contribution in [2.75, 3.05) is 33.0 Å². The molecule has 70 heavy (non-hydrogen) atoms. The van der Waals surface area contributed by atoms with Crippen LogP contribution in [0.2, 0.25) is 0 Å². The molecule has 1 N–H and O–H groups in total. The molecule has 2 aliphatic heterocycles. The summed E-state index contributed by atoms with van der Waals surface area (Å²) in [6, 6.07) is 33.6. The van der Waals surface area contributed by atoms with Crippen molar-refractivity contribution in [3.8, 4) is 45.0 Å². The van der Waals surface area contributed by atoms with E-state index >= 15 is 0 Å². The first-order valence-electron chi connectivity index (χ1n) is 24.9. The van der Waals surface area contributed by atoms with Crippen LogP contribution >= 0.6 is 0 Å². The van der Waals surface area contributed by atoms with Gasteiger partial charge in [0.1, 0.15) is 26.4 Å². The molecule has 8 bridgehead atoms. The summed E-state index contributed by atoms with van der Waals surface area (Å²) in [4.78, 5) is 22.3. The van der Waals surface area contributed by atoms with E-state index in [0.717, 1.165) is 148 Å². The average molecular weight is 976 g/mol. The van der Waals surface area contributed by atoms with Crippen molar-refractivity contribution in [3.05, 3.63) is 145 Å². The largest absolute Gasteiger partial charge is 3.00 e. The van der Waals surface area contributed by atoms with Gasteiger partial charge in [0, 0.05) is 68.2 Å². The number of aliphatic hydroxyl groups is 1. The van der Waals surface area contributed by atoms with E-state index in [1.165, 1.54) is 0 Å². The smallest absolute Gasteiger partial charge is 0.656 e. The molecule has 9 rings (SSSR count). The molecule has 0 aliphatic carbocycles. The van der Waals surface area contributed by atoms with Crippen molar-refractivity contribution in [3.63, 3.8) is 0 Å².